The summed E-state index contributed by atoms with van der Waals surface area (Å²) in [6.07, 6.45) is -2.16. The number of aliphatic hydroxyl groups excluding tert-OH is 2. The van der Waals surface area contributed by atoms with Crippen LogP contribution >= 0.6 is 0 Å². The standard InChI is InChI=1S/C35H44N10O5/c1-2-37-32(48)29-27(46)28(47)33(50-29)45-20-39-26-30(38-18-25(21-9-5-3-6-10-21)22-11-7-4-8-12-22)42-34(43-31(26)45)44-16-14-24(19-44)41-35(49)40-23-13-15-36-17-23/h3-12,20,23-25,27-29,33,36,46-47H,2,13-19H2,1H3,(H,37,48)(H,38,42,43)(H2,40,41,49)/t23-,24-,27+,28-,29+,33-/m1/s1. The first-order valence-electron chi connectivity index (χ1n) is 17.3. The molecule has 15 nitrogen and oxygen atoms in total. The molecule has 3 saturated heterocycles. The number of hydrogen-bond donors (Lipinski definition) is 7. The SMILES string of the molecule is CCNC(=O)[C@H]1O[C@@H](n2cnc3c(NCC(c4ccccc4)c4ccccc4)nc(N4CC[C@@H](NC(=O)N[C@@H]5CCNC5)C4)nc32)[C@H](O)[C@@H]1O. The van der Waals surface area contributed by atoms with Gasteiger partial charge in [-0.25, -0.2) is 9.78 Å². The molecule has 50 heavy (non-hydrogen) atoms. The van der Waals surface area contributed by atoms with E-state index in [1.165, 1.54) is 6.33 Å². The van der Waals surface area contributed by atoms with Gasteiger partial charge in [0, 0.05) is 50.7 Å². The van der Waals surface area contributed by atoms with Crippen molar-refractivity contribution in [2.75, 3.05) is 49.5 Å². The third-order valence-electron chi connectivity index (χ3n) is 9.61. The van der Waals surface area contributed by atoms with Gasteiger partial charge in [-0.3, -0.25) is 9.36 Å². The van der Waals surface area contributed by atoms with Crippen LogP contribution in [0.5, 0.6) is 0 Å². The number of likely N-dealkylation sites (N-methyl/N-ethyl adjacent to an activating group) is 1. The molecule has 264 valence electrons. The quantitative estimate of drug-likeness (QED) is 0.120. The van der Waals surface area contributed by atoms with Crippen molar-refractivity contribution in [1.29, 1.82) is 0 Å². The predicted octanol–water partition coefficient (Wildman–Crippen LogP) is 1.07. The van der Waals surface area contributed by atoms with Crippen molar-refractivity contribution in [2.45, 2.75) is 62.3 Å². The lowest BCUT2D eigenvalue weighted by Crippen LogP contribution is -2.47. The zero-order chi connectivity index (χ0) is 34.6. The Kier molecular flexibility index (Phi) is 10.1. The van der Waals surface area contributed by atoms with Gasteiger partial charge in [0.15, 0.2) is 29.3 Å². The minimum absolute atomic E-state index is 0.00475. The van der Waals surface area contributed by atoms with Crippen LogP contribution in [-0.2, 0) is 9.53 Å². The number of nitrogens with one attached hydrogen (secondary N) is 5. The number of aliphatic hydroxyl groups is 2. The van der Waals surface area contributed by atoms with Crippen LogP contribution in [0.3, 0.4) is 0 Å². The third-order valence-corrected chi connectivity index (χ3v) is 9.61. The topological polar surface area (TPSA) is 191 Å². The first-order chi connectivity index (χ1) is 24.4. The molecule has 2 aromatic heterocycles. The summed E-state index contributed by atoms with van der Waals surface area (Å²) in [7, 11) is 0. The number of carbonyl (C=O) groups excluding carboxylic acids is 2. The van der Waals surface area contributed by atoms with Gasteiger partial charge < -0.3 is 46.4 Å². The van der Waals surface area contributed by atoms with E-state index in [1.807, 2.05) is 41.3 Å². The molecule has 0 radical (unpaired) electrons. The van der Waals surface area contributed by atoms with Crippen molar-refractivity contribution in [1.82, 2.24) is 40.8 Å². The maximum absolute atomic E-state index is 12.7. The van der Waals surface area contributed by atoms with Crippen molar-refractivity contribution in [3.05, 3.63) is 78.1 Å². The molecule has 3 aliphatic rings. The second kappa shape index (κ2) is 15.0. The van der Waals surface area contributed by atoms with Gasteiger partial charge in [0.2, 0.25) is 5.95 Å². The Morgan fingerprint density at radius 3 is 2.38 bits per heavy atom. The van der Waals surface area contributed by atoms with E-state index in [-0.39, 0.29) is 24.0 Å². The van der Waals surface area contributed by atoms with E-state index in [0.29, 0.717) is 55.5 Å². The summed E-state index contributed by atoms with van der Waals surface area (Å²) < 4.78 is 7.49. The predicted molar refractivity (Wildman–Crippen MR) is 187 cm³/mol. The fourth-order valence-corrected chi connectivity index (χ4v) is 6.98. The normalized spacial score (nSPS) is 24.9. The minimum Gasteiger partial charge on any atom is -0.387 e. The number of benzene rings is 2. The van der Waals surface area contributed by atoms with Crippen LogP contribution < -0.4 is 31.5 Å². The van der Waals surface area contributed by atoms with Crippen LogP contribution in [0.15, 0.2) is 67.0 Å². The molecule has 3 fully saturated rings. The maximum Gasteiger partial charge on any atom is 0.315 e. The largest absolute Gasteiger partial charge is 0.387 e. The molecule has 7 rings (SSSR count). The van der Waals surface area contributed by atoms with Crippen molar-refractivity contribution in [3.8, 4) is 0 Å². The van der Waals surface area contributed by atoms with Crippen LogP contribution in [0.1, 0.15) is 43.0 Å². The first-order valence-corrected chi connectivity index (χ1v) is 17.3. The molecule has 0 spiro atoms. The van der Waals surface area contributed by atoms with E-state index in [9.17, 15) is 19.8 Å². The Morgan fingerprint density at radius 1 is 0.980 bits per heavy atom. The van der Waals surface area contributed by atoms with Gasteiger partial charge in [-0.05, 0) is 37.4 Å². The van der Waals surface area contributed by atoms with Gasteiger partial charge in [0.05, 0.1) is 6.33 Å². The Balaban J connectivity index is 1.19. The van der Waals surface area contributed by atoms with Crippen molar-refractivity contribution < 1.29 is 24.5 Å². The van der Waals surface area contributed by atoms with Gasteiger partial charge in [-0.2, -0.15) is 9.97 Å². The van der Waals surface area contributed by atoms with E-state index in [1.54, 1.807) is 11.5 Å². The molecule has 7 N–H and O–H groups in total. The lowest BCUT2D eigenvalue weighted by Gasteiger charge is -2.22. The summed E-state index contributed by atoms with van der Waals surface area (Å²) in [6, 6.07) is 20.3. The lowest BCUT2D eigenvalue weighted by molar-refractivity contribution is -0.137. The number of hydrogen-bond acceptors (Lipinski definition) is 11. The van der Waals surface area contributed by atoms with Gasteiger partial charge in [0.1, 0.15) is 12.2 Å². The number of amides is 3. The van der Waals surface area contributed by atoms with Crippen LogP contribution in [0.4, 0.5) is 16.6 Å². The lowest BCUT2D eigenvalue weighted by atomic mass is 9.91. The van der Waals surface area contributed by atoms with E-state index >= 15 is 0 Å². The Morgan fingerprint density at radius 2 is 1.70 bits per heavy atom. The number of anilines is 2. The average Bonchev–Trinajstić information content (AvgIpc) is 3.95. The molecule has 4 aromatic rings. The molecule has 3 amide bonds. The summed E-state index contributed by atoms with van der Waals surface area (Å²) in [5.74, 6) is 0.378. The van der Waals surface area contributed by atoms with Crippen LogP contribution in [0.2, 0.25) is 0 Å². The second-order valence-electron chi connectivity index (χ2n) is 13.0. The molecular weight excluding hydrogens is 640 g/mol. The fraction of sp³-hybridized carbons (Fsp3) is 0.457. The average molecular weight is 685 g/mol. The number of fused-ring (bicyclic) bond motifs is 1. The van der Waals surface area contributed by atoms with Crippen molar-refractivity contribution >= 4 is 34.9 Å². The summed E-state index contributed by atoms with van der Waals surface area (Å²) in [5.41, 5.74) is 3.08. The van der Waals surface area contributed by atoms with Gasteiger partial charge >= 0.3 is 6.03 Å². The summed E-state index contributed by atoms with van der Waals surface area (Å²) in [5, 5.41) is 37.4. The van der Waals surface area contributed by atoms with Gasteiger partial charge in [-0.1, -0.05) is 60.7 Å². The van der Waals surface area contributed by atoms with Crippen molar-refractivity contribution in [2.24, 2.45) is 0 Å². The highest BCUT2D eigenvalue weighted by Gasteiger charge is 2.48. The Hall–Kier alpha value is -4.83. The van der Waals surface area contributed by atoms with Gasteiger partial charge in [0.25, 0.3) is 5.91 Å². The zero-order valence-corrected chi connectivity index (χ0v) is 27.9. The number of rotatable bonds is 11. The number of aromatic nitrogens is 4. The molecule has 0 aliphatic carbocycles. The molecule has 0 bridgehead atoms. The molecule has 0 saturated carbocycles. The summed E-state index contributed by atoms with van der Waals surface area (Å²) in [4.78, 5) is 41.9. The van der Waals surface area contributed by atoms with Crippen LogP contribution in [0, 0.1) is 0 Å². The Labute approximate surface area is 289 Å². The molecule has 15 heteroatoms. The first kappa shape index (κ1) is 33.7. The van der Waals surface area contributed by atoms with Crippen LogP contribution in [0.25, 0.3) is 11.2 Å². The minimum atomic E-state index is -1.45. The molecular formula is C35H44N10O5. The fourth-order valence-electron chi connectivity index (χ4n) is 6.98. The highest BCUT2D eigenvalue weighted by Crippen LogP contribution is 2.34. The molecule has 2 aromatic carbocycles. The number of ether oxygens (including phenoxy) is 1. The molecule has 0 unspecified atom stereocenters. The monoisotopic (exact) mass is 684 g/mol. The number of nitrogens with zero attached hydrogens (tertiary/aromatic N) is 5. The summed E-state index contributed by atoms with van der Waals surface area (Å²) >= 11 is 0. The zero-order valence-electron chi connectivity index (χ0n) is 27.9. The summed E-state index contributed by atoms with van der Waals surface area (Å²) in [6.45, 7) is 5.36. The number of imidazole rings is 1. The highest BCUT2D eigenvalue weighted by atomic mass is 16.6. The van der Waals surface area contributed by atoms with E-state index in [0.717, 1.165) is 30.6 Å². The van der Waals surface area contributed by atoms with Crippen LogP contribution in [-0.4, -0.2) is 111 Å². The number of carbonyl (C=O) groups is 2. The molecule has 5 heterocycles. The maximum atomic E-state index is 12.7. The van der Waals surface area contributed by atoms with E-state index in [2.05, 4.69) is 55.8 Å². The van der Waals surface area contributed by atoms with E-state index in [4.69, 9.17) is 14.7 Å². The number of urea groups is 1. The van der Waals surface area contributed by atoms with Gasteiger partial charge in [-0.15, -0.1) is 0 Å². The van der Waals surface area contributed by atoms with Crippen molar-refractivity contribution in [3.63, 3.8) is 0 Å². The molecule has 6 atom stereocenters. The second-order valence-corrected chi connectivity index (χ2v) is 13.0. The Bertz CT molecular complexity index is 1730. The smallest absolute Gasteiger partial charge is 0.315 e. The van der Waals surface area contributed by atoms with E-state index < -0.39 is 30.4 Å². The highest BCUT2D eigenvalue weighted by molar-refractivity contribution is 5.85. The molecule has 3 aliphatic heterocycles. The third kappa shape index (κ3) is 7.07.